The molecular formula is C25H16F3N3OS2. The molecule has 0 bridgehead atoms. The summed E-state index contributed by atoms with van der Waals surface area (Å²) >= 11 is 2.06. The molecule has 0 saturated carbocycles. The number of hydrogen-bond acceptors (Lipinski definition) is 5. The quantitative estimate of drug-likeness (QED) is 0.266. The van der Waals surface area contributed by atoms with Crippen molar-refractivity contribution >= 4 is 40.4 Å². The highest BCUT2D eigenvalue weighted by Crippen LogP contribution is 2.39. The van der Waals surface area contributed by atoms with E-state index >= 15 is 0 Å². The fourth-order valence-corrected chi connectivity index (χ4v) is 4.83. The van der Waals surface area contributed by atoms with Crippen LogP contribution in [0, 0.1) is 11.3 Å². The largest absolute Gasteiger partial charge is 0.417 e. The van der Waals surface area contributed by atoms with Crippen molar-refractivity contribution in [3.8, 4) is 16.6 Å². The lowest BCUT2D eigenvalue weighted by Gasteiger charge is -2.23. The van der Waals surface area contributed by atoms with Crippen LogP contribution in [0.5, 0.6) is 0 Å². The number of halogens is 3. The number of thiophene rings is 1. The van der Waals surface area contributed by atoms with Gasteiger partial charge in [0, 0.05) is 11.4 Å². The lowest BCUT2D eigenvalue weighted by atomic mass is 10.1. The van der Waals surface area contributed by atoms with E-state index in [0.29, 0.717) is 16.3 Å². The monoisotopic (exact) mass is 495 g/mol. The van der Waals surface area contributed by atoms with Gasteiger partial charge in [0.2, 0.25) is 5.91 Å². The van der Waals surface area contributed by atoms with E-state index in [1.807, 2.05) is 12.1 Å². The molecular weight excluding hydrogens is 479 g/mol. The number of nitriles is 1. The van der Waals surface area contributed by atoms with Gasteiger partial charge in [0.05, 0.1) is 27.5 Å². The van der Waals surface area contributed by atoms with Gasteiger partial charge >= 0.3 is 6.18 Å². The lowest BCUT2D eigenvalue weighted by Crippen LogP contribution is -2.27. The lowest BCUT2D eigenvalue weighted by molar-refractivity contribution is -0.138. The smallest absolute Gasteiger partial charge is 0.280 e. The van der Waals surface area contributed by atoms with Crippen molar-refractivity contribution in [1.29, 1.82) is 5.26 Å². The average Bonchev–Trinajstić information content (AvgIpc) is 3.38. The van der Waals surface area contributed by atoms with Crippen molar-refractivity contribution in [2.24, 2.45) is 0 Å². The summed E-state index contributed by atoms with van der Waals surface area (Å²) in [6, 6.07) is 23.8. The standard InChI is InChI=1S/C25H16F3N3OS2/c26-25(27,28)20-14-21(22-12-7-13-33-22)30-24(19(20)15-29)34-16-23(32)31(17-8-3-1-4-9-17)18-10-5-2-6-11-18/h1-14H,16H2. The number of aromatic nitrogens is 1. The first kappa shape index (κ1) is 23.5. The van der Waals surface area contributed by atoms with Crippen LogP contribution in [0.1, 0.15) is 11.1 Å². The van der Waals surface area contributed by atoms with E-state index in [1.54, 1.807) is 72.1 Å². The van der Waals surface area contributed by atoms with E-state index in [-0.39, 0.29) is 22.4 Å². The second kappa shape index (κ2) is 10.1. The van der Waals surface area contributed by atoms with Gasteiger partial charge in [-0.15, -0.1) is 11.3 Å². The summed E-state index contributed by atoms with van der Waals surface area (Å²) in [4.78, 5) is 19.6. The molecule has 4 aromatic rings. The van der Waals surface area contributed by atoms with Crippen LogP contribution >= 0.6 is 23.1 Å². The van der Waals surface area contributed by atoms with E-state index in [0.717, 1.165) is 17.8 Å². The summed E-state index contributed by atoms with van der Waals surface area (Å²) in [7, 11) is 0. The number of carbonyl (C=O) groups is 1. The Balaban J connectivity index is 1.70. The fraction of sp³-hybridized carbons (Fsp3) is 0.0800. The Morgan fingerprint density at radius 3 is 2.12 bits per heavy atom. The number of nitrogens with zero attached hydrogens (tertiary/aromatic N) is 3. The maximum atomic E-state index is 13.7. The number of amides is 1. The minimum Gasteiger partial charge on any atom is -0.280 e. The molecule has 0 aliphatic heterocycles. The Kier molecular flexibility index (Phi) is 7.01. The van der Waals surface area contributed by atoms with Crippen molar-refractivity contribution in [3.05, 3.63) is 95.4 Å². The first-order valence-electron chi connectivity index (χ1n) is 10.0. The summed E-state index contributed by atoms with van der Waals surface area (Å²) in [5.41, 5.74) is -0.297. The Bertz CT molecular complexity index is 1280. The number of para-hydroxylation sites is 2. The summed E-state index contributed by atoms with van der Waals surface area (Å²) < 4.78 is 41.2. The van der Waals surface area contributed by atoms with Gasteiger partial charge in [-0.25, -0.2) is 4.98 Å². The number of benzene rings is 2. The van der Waals surface area contributed by atoms with Crippen LogP contribution in [0.2, 0.25) is 0 Å². The van der Waals surface area contributed by atoms with Crippen molar-refractivity contribution in [2.45, 2.75) is 11.2 Å². The molecule has 2 aromatic carbocycles. The van der Waals surface area contributed by atoms with Gasteiger partial charge < -0.3 is 0 Å². The van der Waals surface area contributed by atoms with Crippen LogP contribution in [0.3, 0.4) is 0 Å². The third-order valence-electron chi connectivity index (χ3n) is 4.79. The Morgan fingerprint density at radius 1 is 1.00 bits per heavy atom. The SMILES string of the molecule is N#Cc1c(C(F)(F)F)cc(-c2cccs2)nc1SCC(=O)N(c1ccccc1)c1ccccc1. The van der Waals surface area contributed by atoms with E-state index in [1.165, 1.54) is 16.2 Å². The first-order chi connectivity index (χ1) is 16.4. The van der Waals surface area contributed by atoms with Gasteiger partial charge in [-0.3, -0.25) is 9.69 Å². The zero-order valence-electron chi connectivity index (χ0n) is 17.5. The van der Waals surface area contributed by atoms with Crippen LogP contribution in [0.15, 0.2) is 89.3 Å². The first-order valence-corrected chi connectivity index (χ1v) is 11.9. The molecule has 0 N–H and O–H groups in total. The Labute approximate surface area is 202 Å². The predicted octanol–water partition coefficient (Wildman–Crippen LogP) is 7.16. The molecule has 34 heavy (non-hydrogen) atoms. The number of rotatable bonds is 6. The number of pyridine rings is 1. The normalized spacial score (nSPS) is 11.1. The number of carbonyl (C=O) groups excluding carboxylic acids is 1. The van der Waals surface area contributed by atoms with Crippen molar-refractivity contribution in [3.63, 3.8) is 0 Å². The molecule has 0 radical (unpaired) electrons. The minimum absolute atomic E-state index is 0.110. The molecule has 0 unspecified atom stereocenters. The Hall–Kier alpha value is -3.61. The number of thioether (sulfide) groups is 1. The van der Waals surface area contributed by atoms with Gasteiger partial charge in [0.25, 0.3) is 0 Å². The molecule has 0 fully saturated rings. The van der Waals surface area contributed by atoms with Crippen molar-refractivity contribution in [1.82, 2.24) is 4.98 Å². The summed E-state index contributed by atoms with van der Waals surface area (Å²) in [6.45, 7) is 0. The van der Waals surface area contributed by atoms with Gasteiger partial charge in [0.1, 0.15) is 11.1 Å². The Morgan fingerprint density at radius 2 is 1.62 bits per heavy atom. The summed E-state index contributed by atoms with van der Waals surface area (Å²) in [6.07, 6.45) is -4.74. The molecule has 0 aliphatic rings. The van der Waals surface area contributed by atoms with Crippen molar-refractivity contribution < 1.29 is 18.0 Å². The molecule has 0 saturated heterocycles. The zero-order valence-corrected chi connectivity index (χ0v) is 19.1. The highest BCUT2D eigenvalue weighted by atomic mass is 32.2. The zero-order chi connectivity index (χ0) is 24.1. The van der Waals surface area contributed by atoms with Gasteiger partial charge in [-0.05, 0) is 41.8 Å². The molecule has 2 heterocycles. The van der Waals surface area contributed by atoms with Crippen LogP contribution in [0.4, 0.5) is 24.5 Å². The third-order valence-corrected chi connectivity index (χ3v) is 6.64. The van der Waals surface area contributed by atoms with Crippen LogP contribution < -0.4 is 4.90 Å². The molecule has 4 nitrogen and oxygen atoms in total. The van der Waals surface area contributed by atoms with Crippen LogP contribution in [0.25, 0.3) is 10.6 Å². The van der Waals surface area contributed by atoms with Crippen LogP contribution in [-0.4, -0.2) is 16.6 Å². The maximum Gasteiger partial charge on any atom is 0.417 e. The molecule has 9 heteroatoms. The number of anilines is 2. The highest BCUT2D eigenvalue weighted by molar-refractivity contribution is 8.00. The molecule has 0 spiro atoms. The maximum absolute atomic E-state index is 13.7. The molecule has 1 amide bonds. The minimum atomic E-state index is -4.74. The molecule has 4 rings (SSSR count). The summed E-state index contributed by atoms with van der Waals surface area (Å²) in [5, 5.41) is 11.1. The van der Waals surface area contributed by atoms with E-state index in [4.69, 9.17) is 0 Å². The highest BCUT2D eigenvalue weighted by Gasteiger charge is 2.36. The van der Waals surface area contributed by atoms with Gasteiger partial charge in [0.15, 0.2) is 0 Å². The van der Waals surface area contributed by atoms with E-state index in [2.05, 4.69) is 4.98 Å². The van der Waals surface area contributed by atoms with E-state index in [9.17, 15) is 23.2 Å². The number of alkyl halides is 3. The predicted molar refractivity (Wildman–Crippen MR) is 128 cm³/mol. The molecule has 170 valence electrons. The summed E-state index contributed by atoms with van der Waals surface area (Å²) in [5.74, 6) is -0.570. The third kappa shape index (κ3) is 5.14. The fourth-order valence-electron chi connectivity index (χ4n) is 3.29. The van der Waals surface area contributed by atoms with Crippen molar-refractivity contribution in [2.75, 3.05) is 10.7 Å². The van der Waals surface area contributed by atoms with E-state index < -0.39 is 17.3 Å². The molecule has 2 aromatic heterocycles. The molecule has 0 aliphatic carbocycles. The molecule has 0 atom stereocenters. The van der Waals surface area contributed by atoms with Gasteiger partial charge in [-0.2, -0.15) is 18.4 Å². The van der Waals surface area contributed by atoms with Crippen LogP contribution in [-0.2, 0) is 11.0 Å². The second-order valence-electron chi connectivity index (χ2n) is 7.01. The number of hydrogen-bond donors (Lipinski definition) is 0. The second-order valence-corrected chi connectivity index (χ2v) is 8.92. The van der Waals surface area contributed by atoms with Gasteiger partial charge in [-0.1, -0.05) is 54.2 Å². The topological polar surface area (TPSA) is 57.0 Å². The average molecular weight is 496 g/mol.